The van der Waals surface area contributed by atoms with Gasteiger partial charge < -0.3 is 5.32 Å². The lowest BCUT2D eigenvalue weighted by Crippen LogP contribution is -2.32. The molecule has 1 nitrogen and oxygen atoms in total. The van der Waals surface area contributed by atoms with Crippen molar-refractivity contribution in [3.8, 4) is 0 Å². The van der Waals surface area contributed by atoms with Gasteiger partial charge in [0.25, 0.3) is 0 Å². The molecule has 1 N–H and O–H groups in total. The second kappa shape index (κ2) is 7.06. The number of hydrogen-bond donors (Lipinski definition) is 1. The number of rotatable bonds is 6. The Kier molecular flexibility index (Phi) is 7.31. The van der Waals surface area contributed by atoms with Crippen LogP contribution in [0, 0.1) is 0 Å². The van der Waals surface area contributed by atoms with Crippen molar-refractivity contribution in [2.24, 2.45) is 0 Å². The van der Waals surface area contributed by atoms with E-state index in [1.165, 1.54) is 25.7 Å². The Morgan fingerprint density at radius 3 is 2.18 bits per heavy atom. The fraction of sp³-hybridized carbons (Fsp3) is 1.00. The molecule has 11 heavy (non-hydrogen) atoms. The van der Waals surface area contributed by atoms with Crippen molar-refractivity contribution in [2.45, 2.75) is 58.3 Å². The molecule has 0 rings (SSSR count). The molecule has 3 unspecified atom stereocenters. The molecular weight excluding hydrogens is 153 g/mol. The molecule has 0 aliphatic heterocycles. The Morgan fingerprint density at radius 2 is 1.73 bits per heavy atom. The van der Waals surface area contributed by atoms with Gasteiger partial charge in [0, 0.05) is 11.8 Å². The largest absolute Gasteiger partial charge is 0.308 e. The van der Waals surface area contributed by atoms with E-state index in [2.05, 4.69) is 35.3 Å². The smallest absolute Gasteiger partial charge is 0.0213 e. The van der Waals surface area contributed by atoms with Crippen LogP contribution in [0.1, 0.15) is 46.5 Å². The van der Waals surface area contributed by atoms with E-state index in [0.29, 0.717) is 11.8 Å². The minimum atomic E-state index is 0.613. The molecule has 0 radical (unpaired) electrons. The van der Waals surface area contributed by atoms with Crippen molar-refractivity contribution in [3.63, 3.8) is 0 Å². The van der Waals surface area contributed by atoms with Crippen LogP contribution >= 0.6 is 9.24 Å². The average Bonchev–Trinajstić information content (AvgIpc) is 1.87. The highest BCUT2D eigenvalue weighted by molar-refractivity contribution is 7.17. The van der Waals surface area contributed by atoms with Crippen LogP contribution in [0.3, 0.4) is 0 Å². The average molecular weight is 175 g/mol. The highest BCUT2D eigenvalue weighted by Crippen LogP contribution is 2.07. The molecule has 0 aliphatic carbocycles. The maximum Gasteiger partial charge on any atom is 0.0213 e. The van der Waals surface area contributed by atoms with E-state index >= 15 is 0 Å². The quantitative estimate of drug-likeness (QED) is 0.612. The van der Waals surface area contributed by atoms with E-state index in [0.717, 1.165) is 0 Å². The number of nitrogens with one attached hydrogen (secondary N) is 1. The van der Waals surface area contributed by atoms with Crippen LogP contribution in [0.2, 0.25) is 0 Å². The summed E-state index contributed by atoms with van der Waals surface area (Å²) in [6, 6.07) is 0.675. The van der Waals surface area contributed by atoms with Gasteiger partial charge >= 0.3 is 0 Å². The Bertz CT molecular complexity index is 75.6. The summed E-state index contributed by atoms with van der Waals surface area (Å²) in [4.78, 5) is 0. The molecule has 0 spiro atoms. The molecule has 0 amide bonds. The van der Waals surface area contributed by atoms with Crippen LogP contribution in [0.4, 0.5) is 0 Å². The van der Waals surface area contributed by atoms with E-state index in [1.54, 1.807) is 0 Å². The lowest BCUT2D eigenvalue weighted by molar-refractivity contribution is 0.478. The molecule has 0 fully saturated rings. The topological polar surface area (TPSA) is 12.0 Å². The van der Waals surface area contributed by atoms with Gasteiger partial charge in [-0.05, 0) is 19.8 Å². The fourth-order valence-electron chi connectivity index (χ4n) is 1.28. The van der Waals surface area contributed by atoms with E-state index in [1.807, 2.05) is 0 Å². The minimum absolute atomic E-state index is 0.613. The summed E-state index contributed by atoms with van der Waals surface area (Å²) in [5.74, 6) is 0.613. The van der Waals surface area contributed by atoms with Gasteiger partial charge in [0.05, 0.1) is 0 Å². The summed E-state index contributed by atoms with van der Waals surface area (Å²) in [6.07, 6.45) is 5.09. The lowest BCUT2D eigenvalue weighted by atomic mass is 10.2. The highest BCUT2D eigenvalue weighted by Gasteiger charge is 2.04. The molecule has 0 bridgehead atoms. The third-order valence-corrected chi connectivity index (χ3v) is 2.35. The zero-order valence-corrected chi connectivity index (χ0v) is 9.22. The van der Waals surface area contributed by atoms with E-state index < -0.39 is 0 Å². The summed E-state index contributed by atoms with van der Waals surface area (Å²) < 4.78 is 0. The van der Waals surface area contributed by atoms with Crippen molar-refractivity contribution in [2.75, 3.05) is 0 Å². The third kappa shape index (κ3) is 6.77. The summed E-state index contributed by atoms with van der Waals surface area (Å²) in [5, 5.41) is 3.54. The first-order valence-electron chi connectivity index (χ1n) is 4.72. The SMILES string of the molecule is CCCC(C)NC(P)CCC. The first-order valence-corrected chi connectivity index (χ1v) is 5.39. The zero-order valence-electron chi connectivity index (χ0n) is 8.06. The molecule has 0 aliphatic rings. The second-order valence-electron chi connectivity index (χ2n) is 3.25. The first-order chi connectivity index (χ1) is 5.20. The zero-order chi connectivity index (χ0) is 8.69. The van der Waals surface area contributed by atoms with Crippen molar-refractivity contribution < 1.29 is 0 Å². The van der Waals surface area contributed by atoms with Gasteiger partial charge in [-0.15, -0.1) is 9.24 Å². The molecule has 0 saturated heterocycles. The summed E-state index contributed by atoms with van der Waals surface area (Å²) >= 11 is 0. The van der Waals surface area contributed by atoms with Gasteiger partial charge in [-0.25, -0.2) is 0 Å². The van der Waals surface area contributed by atoms with Crippen LogP contribution in [0.5, 0.6) is 0 Å². The maximum atomic E-state index is 3.54. The highest BCUT2D eigenvalue weighted by atomic mass is 31.0. The predicted molar refractivity (Wildman–Crippen MR) is 55.9 cm³/mol. The number of hydrogen-bond acceptors (Lipinski definition) is 1. The Morgan fingerprint density at radius 1 is 1.18 bits per heavy atom. The molecule has 0 aromatic heterocycles. The Hall–Kier alpha value is 0.390. The molecule has 0 aromatic rings. The van der Waals surface area contributed by atoms with Crippen LogP contribution in [-0.2, 0) is 0 Å². The fourth-order valence-corrected chi connectivity index (χ4v) is 1.94. The molecule has 2 heteroatoms. The van der Waals surface area contributed by atoms with Gasteiger partial charge in [0.15, 0.2) is 0 Å². The molecular formula is C9H22NP. The second-order valence-corrected chi connectivity index (χ2v) is 4.06. The Labute approximate surface area is 73.5 Å². The normalized spacial score (nSPS) is 16.4. The third-order valence-electron chi connectivity index (χ3n) is 1.82. The van der Waals surface area contributed by atoms with Gasteiger partial charge in [-0.2, -0.15) is 0 Å². The summed E-state index contributed by atoms with van der Waals surface area (Å²) in [5.41, 5.74) is 0. The molecule has 0 aromatic carbocycles. The van der Waals surface area contributed by atoms with Crippen LogP contribution < -0.4 is 5.32 Å². The van der Waals surface area contributed by atoms with Gasteiger partial charge in [0.2, 0.25) is 0 Å². The van der Waals surface area contributed by atoms with Crippen LogP contribution in [0.25, 0.3) is 0 Å². The molecule has 3 atom stereocenters. The van der Waals surface area contributed by atoms with Gasteiger partial charge in [-0.3, -0.25) is 0 Å². The monoisotopic (exact) mass is 175 g/mol. The molecule has 68 valence electrons. The van der Waals surface area contributed by atoms with Crippen molar-refractivity contribution in [1.29, 1.82) is 0 Å². The standard InChI is InChI=1S/C9H22NP/c1-4-6-8(3)10-9(11)7-5-2/h8-10H,4-7,11H2,1-3H3. The molecule has 0 saturated carbocycles. The maximum absolute atomic E-state index is 3.54. The summed E-state index contributed by atoms with van der Waals surface area (Å²) in [6.45, 7) is 6.72. The van der Waals surface area contributed by atoms with Crippen molar-refractivity contribution in [3.05, 3.63) is 0 Å². The van der Waals surface area contributed by atoms with Gasteiger partial charge in [0.1, 0.15) is 0 Å². The van der Waals surface area contributed by atoms with Crippen LogP contribution in [0.15, 0.2) is 0 Å². The van der Waals surface area contributed by atoms with E-state index in [-0.39, 0.29) is 0 Å². The van der Waals surface area contributed by atoms with Crippen molar-refractivity contribution in [1.82, 2.24) is 5.32 Å². The van der Waals surface area contributed by atoms with E-state index in [4.69, 9.17) is 0 Å². The van der Waals surface area contributed by atoms with Crippen molar-refractivity contribution >= 4 is 9.24 Å². The molecule has 0 heterocycles. The van der Waals surface area contributed by atoms with Crippen LogP contribution in [-0.4, -0.2) is 11.8 Å². The summed E-state index contributed by atoms with van der Waals surface area (Å²) in [7, 11) is 2.86. The lowest BCUT2D eigenvalue weighted by Gasteiger charge is -2.18. The predicted octanol–water partition coefficient (Wildman–Crippen LogP) is 2.77. The Balaban J connectivity index is 3.32. The first kappa shape index (κ1) is 11.4. The minimum Gasteiger partial charge on any atom is -0.308 e. The van der Waals surface area contributed by atoms with E-state index in [9.17, 15) is 0 Å². The van der Waals surface area contributed by atoms with Gasteiger partial charge in [-0.1, -0.05) is 26.7 Å².